The highest BCUT2D eigenvalue weighted by Crippen LogP contribution is 2.37. The van der Waals surface area contributed by atoms with E-state index in [2.05, 4.69) is 10.1 Å². The molecule has 188 valence electrons. The van der Waals surface area contributed by atoms with E-state index in [1.54, 1.807) is 6.20 Å². The zero-order valence-corrected chi connectivity index (χ0v) is 20.8. The Bertz CT molecular complexity index is 1110. The van der Waals surface area contributed by atoms with Gasteiger partial charge in [-0.3, -0.25) is 19.4 Å². The van der Waals surface area contributed by atoms with Gasteiger partial charge in [-0.05, 0) is 23.8 Å². The van der Waals surface area contributed by atoms with Gasteiger partial charge in [-0.1, -0.05) is 57.1 Å². The Labute approximate surface area is 205 Å². The molecule has 1 aliphatic heterocycles. The molecule has 2 aromatic rings. The third-order valence-electron chi connectivity index (χ3n) is 6.49. The highest BCUT2D eigenvalue weighted by atomic mass is 19.1. The van der Waals surface area contributed by atoms with Crippen molar-refractivity contribution >= 4 is 34.0 Å². The molecule has 0 saturated carbocycles. The molecule has 2 atom stereocenters. The number of carbonyl (C=O) groups is 3. The average molecular weight is 485 g/mol. The van der Waals surface area contributed by atoms with Gasteiger partial charge in [-0.2, -0.15) is 0 Å². The third-order valence-corrected chi connectivity index (χ3v) is 6.49. The molecule has 2 heterocycles. The minimum atomic E-state index is -1.33. The Morgan fingerprint density at radius 1 is 1.11 bits per heavy atom. The van der Waals surface area contributed by atoms with Crippen LogP contribution in [0.4, 0.5) is 4.39 Å². The lowest BCUT2D eigenvalue weighted by molar-refractivity contribution is -0.152. The molecule has 0 amide bonds. The van der Waals surface area contributed by atoms with Crippen molar-refractivity contribution in [1.29, 1.82) is 0 Å². The van der Waals surface area contributed by atoms with E-state index in [1.165, 1.54) is 0 Å². The number of benzene rings is 1. The van der Waals surface area contributed by atoms with Gasteiger partial charge in [0.1, 0.15) is 12.4 Å². The summed E-state index contributed by atoms with van der Waals surface area (Å²) < 4.78 is 18.5. The summed E-state index contributed by atoms with van der Waals surface area (Å²) in [6, 6.07) is 9.61. The minimum absolute atomic E-state index is 0.167. The maximum Gasteiger partial charge on any atom is 0.306 e. The van der Waals surface area contributed by atoms with Crippen LogP contribution in [0.15, 0.2) is 41.7 Å². The average Bonchev–Trinajstić information content (AvgIpc) is 3.29. The molecule has 0 unspecified atom stereocenters. The summed E-state index contributed by atoms with van der Waals surface area (Å²) in [4.78, 5) is 48.3. The first-order chi connectivity index (χ1) is 16.7. The van der Waals surface area contributed by atoms with Crippen molar-refractivity contribution in [2.45, 2.75) is 59.0 Å². The number of nitrogens with zero attached hydrogens (tertiary/aromatic N) is 2. The van der Waals surface area contributed by atoms with Crippen molar-refractivity contribution in [3.63, 3.8) is 0 Å². The van der Waals surface area contributed by atoms with Crippen LogP contribution in [0.25, 0.3) is 10.8 Å². The molecule has 0 radical (unpaired) electrons. The highest BCUT2D eigenvalue weighted by molar-refractivity contribution is 6.12. The van der Waals surface area contributed by atoms with E-state index in [9.17, 15) is 18.8 Å². The number of oxime groups is 1. The molecule has 1 aromatic carbocycles. The normalized spacial score (nSPS) is 18.4. The number of rotatable bonds is 12. The van der Waals surface area contributed by atoms with Gasteiger partial charge in [-0.15, -0.1) is 0 Å². The summed E-state index contributed by atoms with van der Waals surface area (Å²) in [7, 11) is 0. The number of ether oxygens (including phenoxy) is 1. The van der Waals surface area contributed by atoms with Crippen LogP contribution in [0.2, 0.25) is 0 Å². The molecule has 35 heavy (non-hydrogen) atoms. The Kier molecular flexibility index (Phi) is 8.70. The quantitative estimate of drug-likeness (QED) is 0.400. The molecule has 8 heteroatoms. The molecule has 7 nitrogen and oxygen atoms in total. The standard InChI is InChI=1S/C27H33FN2O5/c1-17(2)10-12-34-25(33)14-20(23(31)16-28)13-24(32)27(18(3)4)15-22(30-35-27)26-21-8-6-5-7-19(21)9-11-29-26/h5-9,11,17-18,20H,10,12-16H2,1-4H3/t20-,27+/m0/s1. The predicted octanol–water partition coefficient (Wildman–Crippen LogP) is 4.85. The summed E-state index contributed by atoms with van der Waals surface area (Å²) in [5.74, 6) is -2.86. The van der Waals surface area contributed by atoms with Crippen molar-refractivity contribution in [3.05, 3.63) is 42.2 Å². The molecule has 0 saturated heterocycles. The number of pyridine rings is 1. The first-order valence-corrected chi connectivity index (χ1v) is 12.0. The number of fused-ring (bicyclic) bond motifs is 1. The van der Waals surface area contributed by atoms with Gasteiger partial charge >= 0.3 is 5.97 Å². The Morgan fingerprint density at radius 2 is 1.86 bits per heavy atom. The number of aromatic nitrogens is 1. The number of carbonyl (C=O) groups excluding carboxylic acids is 3. The van der Waals surface area contributed by atoms with Gasteiger partial charge in [0, 0.05) is 36.3 Å². The van der Waals surface area contributed by atoms with Crippen molar-refractivity contribution in [3.8, 4) is 0 Å². The maximum absolute atomic E-state index is 13.5. The number of esters is 1. The smallest absolute Gasteiger partial charge is 0.306 e. The van der Waals surface area contributed by atoms with Crippen LogP contribution < -0.4 is 0 Å². The number of alkyl halides is 1. The third kappa shape index (κ3) is 6.10. The van der Waals surface area contributed by atoms with Gasteiger partial charge in [0.2, 0.25) is 5.60 Å². The lowest BCUT2D eigenvalue weighted by Crippen LogP contribution is -2.45. The Balaban J connectivity index is 1.77. The summed E-state index contributed by atoms with van der Waals surface area (Å²) in [5, 5.41) is 6.10. The molecule has 0 N–H and O–H groups in total. The number of Topliss-reactive ketones (excluding diaryl/α,β-unsaturated/α-hetero) is 2. The SMILES string of the molecule is CC(C)CCOC(=O)C[C@H](CC(=O)[C@]1(C(C)C)CC(c2nccc3ccccc23)=NO1)C(=O)CF. The van der Waals surface area contributed by atoms with Crippen LogP contribution in [-0.2, 0) is 24.0 Å². The number of hydrogen-bond acceptors (Lipinski definition) is 7. The van der Waals surface area contributed by atoms with Crippen LogP contribution >= 0.6 is 0 Å². The lowest BCUT2D eigenvalue weighted by atomic mass is 9.77. The molecule has 0 fully saturated rings. The second-order valence-electron chi connectivity index (χ2n) is 9.76. The van der Waals surface area contributed by atoms with Gasteiger partial charge in [0.15, 0.2) is 11.6 Å². The first-order valence-electron chi connectivity index (χ1n) is 12.0. The molecule has 0 bridgehead atoms. The lowest BCUT2D eigenvalue weighted by Gasteiger charge is -2.30. The monoisotopic (exact) mass is 484 g/mol. The van der Waals surface area contributed by atoms with Gasteiger partial charge in [0.25, 0.3) is 0 Å². The summed E-state index contributed by atoms with van der Waals surface area (Å²) >= 11 is 0. The van der Waals surface area contributed by atoms with Crippen LogP contribution in [0.5, 0.6) is 0 Å². The molecule has 0 aliphatic carbocycles. The van der Waals surface area contributed by atoms with E-state index in [4.69, 9.17) is 9.57 Å². The number of halogens is 1. The summed E-state index contributed by atoms with van der Waals surface area (Å²) in [6.45, 7) is 6.62. The van der Waals surface area contributed by atoms with Crippen LogP contribution in [0, 0.1) is 17.8 Å². The second kappa shape index (κ2) is 11.5. The van der Waals surface area contributed by atoms with E-state index >= 15 is 0 Å². The minimum Gasteiger partial charge on any atom is -0.466 e. The molecule has 1 aromatic heterocycles. The molecular formula is C27H33FN2O5. The van der Waals surface area contributed by atoms with E-state index in [1.807, 2.05) is 58.0 Å². The zero-order valence-electron chi connectivity index (χ0n) is 20.8. The van der Waals surface area contributed by atoms with Crippen molar-refractivity contribution < 1.29 is 28.3 Å². The van der Waals surface area contributed by atoms with Gasteiger partial charge < -0.3 is 9.57 Å². The highest BCUT2D eigenvalue weighted by Gasteiger charge is 2.50. The van der Waals surface area contributed by atoms with Crippen molar-refractivity contribution in [1.82, 2.24) is 4.98 Å². The van der Waals surface area contributed by atoms with Crippen LogP contribution in [0.3, 0.4) is 0 Å². The van der Waals surface area contributed by atoms with Crippen LogP contribution in [0.1, 0.15) is 59.1 Å². The first kappa shape index (κ1) is 26.4. The number of ketones is 2. The van der Waals surface area contributed by atoms with E-state index in [0.29, 0.717) is 23.7 Å². The van der Waals surface area contributed by atoms with Crippen molar-refractivity contribution in [2.24, 2.45) is 22.9 Å². The fraction of sp³-hybridized carbons (Fsp3) is 0.519. The maximum atomic E-state index is 13.5. The Hall–Kier alpha value is -3.16. The van der Waals surface area contributed by atoms with Gasteiger partial charge in [-0.25, -0.2) is 4.39 Å². The molecule has 0 spiro atoms. The largest absolute Gasteiger partial charge is 0.466 e. The van der Waals surface area contributed by atoms with Crippen LogP contribution in [-0.4, -0.2) is 47.1 Å². The fourth-order valence-corrected chi connectivity index (χ4v) is 4.18. The summed E-state index contributed by atoms with van der Waals surface area (Å²) in [6.07, 6.45) is 1.85. The zero-order chi connectivity index (χ0) is 25.6. The van der Waals surface area contributed by atoms with E-state index < -0.39 is 35.7 Å². The second-order valence-corrected chi connectivity index (χ2v) is 9.76. The topological polar surface area (TPSA) is 94.9 Å². The van der Waals surface area contributed by atoms with E-state index in [-0.39, 0.29) is 31.8 Å². The molecular weight excluding hydrogens is 451 g/mol. The number of hydrogen-bond donors (Lipinski definition) is 0. The fourth-order valence-electron chi connectivity index (χ4n) is 4.18. The predicted molar refractivity (Wildman–Crippen MR) is 131 cm³/mol. The molecule has 1 aliphatic rings. The van der Waals surface area contributed by atoms with Crippen molar-refractivity contribution in [2.75, 3.05) is 13.3 Å². The summed E-state index contributed by atoms with van der Waals surface area (Å²) in [5.41, 5.74) is -0.168. The molecule has 3 rings (SSSR count). The van der Waals surface area contributed by atoms with E-state index in [0.717, 1.165) is 10.8 Å². The van der Waals surface area contributed by atoms with Gasteiger partial charge in [0.05, 0.1) is 18.7 Å². The Morgan fingerprint density at radius 3 is 2.54 bits per heavy atom.